The van der Waals surface area contributed by atoms with Crippen LogP contribution in [0.5, 0.6) is 0 Å². The van der Waals surface area contributed by atoms with Crippen LogP contribution in [0.25, 0.3) is 0 Å². The summed E-state index contributed by atoms with van der Waals surface area (Å²) in [5, 5.41) is 12.2. The van der Waals surface area contributed by atoms with Gasteiger partial charge < -0.3 is 10.4 Å². The van der Waals surface area contributed by atoms with Gasteiger partial charge in [-0.3, -0.25) is 9.59 Å². The minimum absolute atomic E-state index is 0.00637. The number of nitrogens with one attached hydrogen (secondary N) is 1. The van der Waals surface area contributed by atoms with Gasteiger partial charge in [-0.15, -0.1) is 0 Å². The van der Waals surface area contributed by atoms with Gasteiger partial charge in [0.1, 0.15) is 0 Å². The van der Waals surface area contributed by atoms with E-state index < -0.39 is 5.97 Å². The first kappa shape index (κ1) is 18.0. The molecule has 0 aromatic rings. The van der Waals surface area contributed by atoms with E-state index in [0.717, 1.165) is 32.1 Å². The van der Waals surface area contributed by atoms with Crippen LogP contribution in [0.4, 0.5) is 0 Å². The monoisotopic (exact) mass is 297 g/mol. The number of hydrogen-bond acceptors (Lipinski definition) is 2. The summed E-state index contributed by atoms with van der Waals surface area (Å²) in [7, 11) is 0. The smallest absolute Gasteiger partial charge is 0.303 e. The van der Waals surface area contributed by atoms with Gasteiger partial charge in [0.15, 0.2) is 0 Å². The number of hydrogen-bond donors (Lipinski definition) is 2. The van der Waals surface area contributed by atoms with Gasteiger partial charge >= 0.3 is 5.97 Å². The molecule has 0 bridgehead atoms. The van der Waals surface area contributed by atoms with E-state index in [4.69, 9.17) is 5.11 Å². The summed E-state index contributed by atoms with van der Waals surface area (Å²) in [5.41, 5.74) is -0.266. The minimum atomic E-state index is -0.785. The second-order valence-electron chi connectivity index (χ2n) is 7.73. The number of carboxylic acids is 1. The van der Waals surface area contributed by atoms with E-state index in [1.54, 1.807) is 0 Å². The zero-order valence-electron chi connectivity index (χ0n) is 14.0. The highest BCUT2D eigenvalue weighted by molar-refractivity contribution is 5.78. The lowest BCUT2D eigenvalue weighted by Crippen LogP contribution is -2.40. The fraction of sp³-hybridized carbons (Fsp3) is 0.882. The molecule has 122 valence electrons. The Hall–Kier alpha value is -1.06. The molecule has 1 fully saturated rings. The first-order valence-corrected chi connectivity index (χ1v) is 8.15. The Bertz CT molecular complexity index is 368. The third-order valence-electron chi connectivity index (χ3n) is 5.28. The highest BCUT2D eigenvalue weighted by atomic mass is 16.4. The van der Waals surface area contributed by atoms with E-state index >= 15 is 0 Å². The highest BCUT2D eigenvalue weighted by Crippen LogP contribution is 2.42. The van der Waals surface area contributed by atoms with Crippen LogP contribution in [-0.2, 0) is 9.59 Å². The molecule has 4 heteroatoms. The molecule has 0 aromatic heterocycles. The van der Waals surface area contributed by atoms with Gasteiger partial charge in [0.2, 0.25) is 5.91 Å². The Kier molecular flexibility index (Phi) is 6.24. The zero-order valence-corrected chi connectivity index (χ0v) is 14.0. The molecule has 0 aromatic carbocycles. The van der Waals surface area contributed by atoms with Crippen molar-refractivity contribution in [3.05, 3.63) is 0 Å². The van der Waals surface area contributed by atoms with Crippen molar-refractivity contribution in [2.75, 3.05) is 6.54 Å². The van der Waals surface area contributed by atoms with Crippen LogP contribution >= 0.6 is 0 Å². The Balaban J connectivity index is 2.58. The Morgan fingerprint density at radius 2 is 1.71 bits per heavy atom. The van der Waals surface area contributed by atoms with Crippen LogP contribution < -0.4 is 5.32 Å². The zero-order chi connectivity index (χ0) is 16.1. The number of amides is 1. The van der Waals surface area contributed by atoms with Crippen LogP contribution in [0.3, 0.4) is 0 Å². The number of carbonyl (C=O) groups is 2. The summed E-state index contributed by atoms with van der Waals surface area (Å²) >= 11 is 0. The second-order valence-corrected chi connectivity index (χ2v) is 7.73. The van der Waals surface area contributed by atoms with Crippen LogP contribution in [0.15, 0.2) is 0 Å². The largest absolute Gasteiger partial charge is 0.481 e. The molecule has 0 spiro atoms. The number of carbonyl (C=O) groups excluding carboxylic acids is 1. The summed E-state index contributed by atoms with van der Waals surface area (Å²) in [6.07, 6.45) is 5.43. The molecule has 1 rings (SSSR count). The minimum Gasteiger partial charge on any atom is -0.481 e. The Labute approximate surface area is 128 Å². The maximum absolute atomic E-state index is 12.3. The van der Waals surface area contributed by atoms with Crippen LogP contribution in [0.1, 0.15) is 72.6 Å². The first-order chi connectivity index (χ1) is 9.67. The summed E-state index contributed by atoms with van der Waals surface area (Å²) in [6, 6.07) is 0. The molecule has 1 aliphatic carbocycles. The number of aliphatic carboxylic acids is 1. The van der Waals surface area contributed by atoms with E-state index in [2.05, 4.69) is 33.0 Å². The maximum Gasteiger partial charge on any atom is 0.303 e. The van der Waals surface area contributed by atoms with E-state index in [-0.39, 0.29) is 23.2 Å². The molecule has 1 aliphatic rings. The molecule has 0 radical (unpaired) electrons. The lowest BCUT2D eigenvalue weighted by atomic mass is 9.69. The van der Waals surface area contributed by atoms with Crippen molar-refractivity contribution in [1.29, 1.82) is 0 Å². The molecular formula is C17H31NO3. The fourth-order valence-corrected chi connectivity index (χ4v) is 2.97. The van der Waals surface area contributed by atoms with Crippen molar-refractivity contribution in [3.8, 4) is 0 Å². The number of rotatable bonds is 7. The Morgan fingerprint density at radius 3 is 2.19 bits per heavy atom. The molecule has 21 heavy (non-hydrogen) atoms. The van der Waals surface area contributed by atoms with Crippen molar-refractivity contribution in [3.63, 3.8) is 0 Å². The summed E-state index contributed by atoms with van der Waals surface area (Å²) in [6.45, 7) is 9.24. The molecule has 0 atom stereocenters. The van der Waals surface area contributed by atoms with Crippen molar-refractivity contribution < 1.29 is 14.7 Å². The van der Waals surface area contributed by atoms with Crippen molar-refractivity contribution in [2.24, 2.45) is 16.7 Å². The Morgan fingerprint density at radius 1 is 1.14 bits per heavy atom. The van der Waals surface area contributed by atoms with Gasteiger partial charge in [-0.05, 0) is 29.6 Å². The maximum atomic E-state index is 12.3. The van der Waals surface area contributed by atoms with Gasteiger partial charge in [0, 0.05) is 13.0 Å². The lowest BCUT2D eigenvalue weighted by Gasteiger charge is -2.36. The first-order valence-electron chi connectivity index (χ1n) is 8.15. The van der Waals surface area contributed by atoms with E-state index in [0.29, 0.717) is 18.9 Å². The van der Waals surface area contributed by atoms with E-state index in [1.165, 1.54) is 0 Å². The summed E-state index contributed by atoms with van der Waals surface area (Å²) in [5.74, 6) is -0.292. The summed E-state index contributed by atoms with van der Waals surface area (Å²) < 4.78 is 0. The molecule has 0 saturated heterocycles. The third kappa shape index (κ3) is 5.68. The molecule has 4 nitrogen and oxygen atoms in total. The predicted octanol–water partition coefficient (Wildman–Crippen LogP) is 3.60. The van der Waals surface area contributed by atoms with Gasteiger partial charge in [0.25, 0.3) is 0 Å². The molecule has 0 unspecified atom stereocenters. The second kappa shape index (κ2) is 7.28. The molecular weight excluding hydrogens is 266 g/mol. The van der Waals surface area contributed by atoms with Gasteiger partial charge in [-0.2, -0.15) is 0 Å². The van der Waals surface area contributed by atoms with Crippen LogP contribution in [0.2, 0.25) is 0 Å². The average Bonchev–Trinajstić information content (AvgIpc) is 2.36. The molecule has 1 amide bonds. The topological polar surface area (TPSA) is 66.4 Å². The van der Waals surface area contributed by atoms with Gasteiger partial charge in [0.05, 0.1) is 6.42 Å². The standard InChI is InChI=1S/C17H31NO3/c1-13(2)16(3,4)12-18-14(19)10-17(11-15(20)21)8-6-5-7-9-17/h13H,5-12H2,1-4H3,(H,18,19)(H,20,21). The fourth-order valence-electron chi connectivity index (χ4n) is 2.97. The highest BCUT2D eigenvalue weighted by Gasteiger charge is 2.36. The normalized spacial score (nSPS) is 18.5. The quantitative estimate of drug-likeness (QED) is 0.754. The van der Waals surface area contributed by atoms with Gasteiger partial charge in [-0.25, -0.2) is 0 Å². The van der Waals surface area contributed by atoms with E-state index in [1.807, 2.05) is 0 Å². The van der Waals surface area contributed by atoms with E-state index in [9.17, 15) is 9.59 Å². The molecule has 1 saturated carbocycles. The average molecular weight is 297 g/mol. The van der Waals surface area contributed by atoms with Crippen LogP contribution in [0, 0.1) is 16.7 Å². The predicted molar refractivity (Wildman–Crippen MR) is 84.0 cm³/mol. The molecule has 0 heterocycles. The molecule has 2 N–H and O–H groups in total. The van der Waals surface area contributed by atoms with Crippen molar-refractivity contribution >= 4 is 11.9 Å². The van der Waals surface area contributed by atoms with Crippen LogP contribution in [-0.4, -0.2) is 23.5 Å². The number of carboxylic acid groups (broad SMARTS) is 1. The SMILES string of the molecule is CC(C)C(C)(C)CNC(=O)CC1(CC(=O)O)CCCCC1. The molecule has 0 aliphatic heterocycles. The lowest BCUT2D eigenvalue weighted by molar-refractivity contribution is -0.141. The van der Waals surface area contributed by atoms with Gasteiger partial charge in [-0.1, -0.05) is 47.0 Å². The van der Waals surface area contributed by atoms with Crippen molar-refractivity contribution in [2.45, 2.75) is 72.6 Å². The summed E-state index contributed by atoms with van der Waals surface area (Å²) in [4.78, 5) is 23.4. The van der Waals surface area contributed by atoms with Crippen molar-refractivity contribution in [1.82, 2.24) is 5.32 Å². The third-order valence-corrected chi connectivity index (χ3v) is 5.28.